The molecule has 17 heavy (non-hydrogen) atoms. The van der Waals surface area contributed by atoms with E-state index in [9.17, 15) is 0 Å². The lowest BCUT2D eigenvalue weighted by atomic mass is 10.0. The largest absolute Gasteiger partial charge is 0.268 e. The number of benzene rings is 2. The molecule has 0 aliphatic rings. The minimum atomic E-state index is 0.649. The molecule has 3 aromatic rings. The highest BCUT2D eigenvalue weighted by Crippen LogP contribution is 2.23. The average Bonchev–Trinajstić information content (AvgIpc) is 2.38. The van der Waals surface area contributed by atoms with Gasteiger partial charge in [-0.15, -0.1) is 0 Å². The van der Waals surface area contributed by atoms with Crippen molar-refractivity contribution in [1.29, 1.82) is 0 Å². The zero-order valence-electron chi connectivity index (χ0n) is 9.05. The van der Waals surface area contributed by atoms with Crippen molar-refractivity contribution in [2.24, 2.45) is 0 Å². The van der Waals surface area contributed by atoms with Crippen LogP contribution >= 0.6 is 12.2 Å². The fourth-order valence-electron chi connectivity index (χ4n) is 1.90. The smallest absolute Gasteiger partial charge is 0.120 e. The number of nitrogens with zero attached hydrogens (tertiary/aromatic N) is 1. The molecular weight excluding hydrogens is 228 g/mol. The van der Waals surface area contributed by atoms with Crippen LogP contribution < -0.4 is 0 Å². The summed E-state index contributed by atoms with van der Waals surface area (Å²) in [5, 5.41) is 9.22. The molecule has 3 rings (SSSR count). The van der Waals surface area contributed by atoms with Crippen molar-refractivity contribution in [1.82, 2.24) is 10.2 Å². The van der Waals surface area contributed by atoms with E-state index >= 15 is 0 Å². The molecule has 1 aromatic heterocycles. The van der Waals surface area contributed by atoms with Crippen LogP contribution in [0.1, 0.15) is 0 Å². The Morgan fingerprint density at radius 3 is 2.53 bits per heavy atom. The Hall–Kier alpha value is -2.00. The summed E-state index contributed by atoms with van der Waals surface area (Å²) < 4.78 is 0.649. The molecule has 0 atom stereocenters. The van der Waals surface area contributed by atoms with Crippen LogP contribution in [0.3, 0.4) is 0 Å². The van der Waals surface area contributed by atoms with Crippen LogP contribution in [0, 0.1) is 4.64 Å². The molecule has 0 fully saturated rings. The van der Waals surface area contributed by atoms with Crippen LogP contribution in [0.15, 0.2) is 54.7 Å². The summed E-state index contributed by atoms with van der Waals surface area (Å²) in [7, 11) is 0. The lowest BCUT2D eigenvalue weighted by Gasteiger charge is -2.03. The fraction of sp³-hybridized carbons (Fsp3) is 0. The van der Waals surface area contributed by atoms with E-state index in [-0.39, 0.29) is 0 Å². The maximum absolute atomic E-state index is 5.08. The van der Waals surface area contributed by atoms with Crippen LogP contribution in [-0.4, -0.2) is 10.2 Å². The van der Waals surface area contributed by atoms with Crippen LogP contribution in [0.4, 0.5) is 0 Å². The Bertz CT molecular complexity index is 731. The Morgan fingerprint density at radius 2 is 1.71 bits per heavy atom. The number of fused-ring (bicyclic) bond motifs is 1. The third-order valence-corrected chi connectivity index (χ3v) is 2.96. The van der Waals surface area contributed by atoms with Gasteiger partial charge in [0.1, 0.15) is 4.64 Å². The first-order valence-corrected chi connectivity index (χ1v) is 5.78. The lowest BCUT2D eigenvalue weighted by molar-refractivity contribution is 1.02. The summed E-state index contributed by atoms with van der Waals surface area (Å²) in [5.74, 6) is 0. The van der Waals surface area contributed by atoms with Gasteiger partial charge in [-0.1, -0.05) is 48.6 Å². The average molecular weight is 238 g/mol. The summed E-state index contributed by atoms with van der Waals surface area (Å²) in [6.07, 6.45) is 1.79. The standard InChI is InChI=1S/C14H10N2S/c17-14-8-13(9-15-16-14)12-6-5-10-3-1-2-4-11(10)7-12/h1-9H,(H,16,17). The van der Waals surface area contributed by atoms with E-state index in [2.05, 4.69) is 40.5 Å². The van der Waals surface area contributed by atoms with Crippen LogP contribution in [-0.2, 0) is 0 Å². The van der Waals surface area contributed by atoms with Crippen molar-refractivity contribution in [3.05, 3.63) is 59.4 Å². The first-order valence-electron chi connectivity index (χ1n) is 5.37. The topological polar surface area (TPSA) is 28.7 Å². The maximum Gasteiger partial charge on any atom is 0.120 e. The number of hydrogen-bond donors (Lipinski definition) is 1. The molecule has 3 heteroatoms. The van der Waals surface area contributed by atoms with E-state index in [1.54, 1.807) is 6.20 Å². The molecular formula is C14H10N2S. The molecule has 0 aliphatic heterocycles. The van der Waals surface area contributed by atoms with Crippen molar-refractivity contribution < 1.29 is 0 Å². The number of H-pyrrole nitrogens is 1. The normalized spacial score (nSPS) is 10.6. The highest BCUT2D eigenvalue weighted by Gasteiger charge is 1.99. The number of hydrogen-bond acceptors (Lipinski definition) is 2. The van der Waals surface area contributed by atoms with Crippen molar-refractivity contribution >= 4 is 23.0 Å². The SMILES string of the molecule is S=c1cc(-c2ccc3ccccc3c2)cn[nH]1. The van der Waals surface area contributed by atoms with E-state index < -0.39 is 0 Å². The van der Waals surface area contributed by atoms with Gasteiger partial charge in [0.15, 0.2) is 0 Å². The van der Waals surface area contributed by atoms with Gasteiger partial charge < -0.3 is 0 Å². The molecule has 0 aliphatic carbocycles. The fourth-order valence-corrected chi connectivity index (χ4v) is 2.08. The third-order valence-electron chi connectivity index (χ3n) is 2.75. The molecule has 82 valence electrons. The van der Waals surface area contributed by atoms with E-state index in [0.29, 0.717) is 4.64 Å². The van der Waals surface area contributed by atoms with Crippen LogP contribution in [0.2, 0.25) is 0 Å². The van der Waals surface area contributed by atoms with Gasteiger partial charge in [-0.25, -0.2) is 0 Å². The predicted molar refractivity (Wildman–Crippen MR) is 72.4 cm³/mol. The van der Waals surface area contributed by atoms with Crippen molar-refractivity contribution in [3.63, 3.8) is 0 Å². The summed E-state index contributed by atoms with van der Waals surface area (Å²) >= 11 is 5.08. The lowest BCUT2D eigenvalue weighted by Crippen LogP contribution is -1.84. The second kappa shape index (κ2) is 4.11. The molecule has 0 radical (unpaired) electrons. The molecule has 2 aromatic carbocycles. The van der Waals surface area contributed by atoms with E-state index in [0.717, 1.165) is 11.1 Å². The second-order valence-electron chi connectivity index (χ2n) is 3.90. The number of rotatable bonds is 1. The van der Waals surface area contributed by atoms with Gasteiger partial charge in [0.2, 0.25) is 0 Å². The van der Waals surface area contributed by atoms with E-state index in [1.807, 2.05) is 18.2 Å². The molecule has 1 heterocycles. The van der Waals surface area contributed by atoms with Crippen LogP contribution in [0.25, 0.3) is 21.9 Å². The van der Waals surface area contributed by atoms with Crippen molar-refractivity contribution in [3.8, 4) is 11.1 Å². The highest BCUT2D eigenvalue weighted by atomic mass is 32.1. The van der Waals surface area contributed by atoms with Gasteiger partial charge in [0.25, 0.3) is 0 Å². The first kappa shape index (κ1) is 10.2. The Balaban J connectivity index is 2.21. The zero-order valence-corrected chi connectivity index (χ0v) is 9.87. The van der Waals surface area contributed by atoms with Gasteiger partial charge in [0, 0.05) is 5.56 Å². The molecule has 0 spiro atoms. The number of aromatic amines is 1. The van der Waals surface area contributed by atoms with Crippen molar-refractivity contribution in [2.75, 3.05) is 0 Å². The monoisotopic (exact) mass is 238 g/mol. The molecule has 0 amide bonds. The van der Waals surface area contributed by atoms with Crippen LogP contribution in [0.5, 0.6) is 0 Å². The molecule has 0 bridgehead atoms. The Kier molecular flexibility index (Phi) is 2.46. The van der Waals surface area contributed by atoms with E-state index in [4.69, 9.17) is 12.2 Å². The summed E-state index contributed by atoms with van der Waals surface area (Å²) in [6.45, 7) is 0. The minimum Gasteiger partial charge on any atom is -0.268 e. The maximum atomic E-state index is 5.08. The molecule has 0 saturated carbocycles. The Labute approximate surface area is 104 Å². The predicted octanol–water partition coefficient (Wildman–Crippen LogP) is 3.96. The summed E-state index contributed by atoms with van der Waals surface area (Å²) in [4.78, 5) is 0. The van der Waals surface area contributed by atoms with E-state index in [1.165, 1.54) is 10.8 Å². The number of aromatic nitrogens is 2. The quantitative estimate of drug-likeness (QED) is 0.650. The first-order chi connectivity index (χ1) is 8.33. The second-order valence-corrected chi connectivity index (χ2v) is 4.34. The third kappa shape index (κ3) is 1.97. The summed E-state index contributed by atoms with van der Waals surface area (Å²) in [5.41, 5.74) is 2.18. The zero-order chi connectivity index (χ0) is 11.7. The van der Waals surface area contributed by atoms with Gasteiger partial charge in [-0.2, -0.15) is 5.10 Å². The number of nitrogens with one attached hydrogen (secondary N) is 1. The minimum absolute atomic E-state index is 0.649. The molecule has 2 nitrogen and oxygen atoms in total. The summed E-state index contributed by atoms with van der Waals surface area (Å²) in [6, 6.07) is 16.6. The van der Waals surface area contributed by atoms with Gasteiger partial charge in [-0.3, -0.25) is 5.10 Å². The molecule has 1 N–H and O–H groups in total. The Morgan fingerprint density at radius 1 is 0.882 bits per heavy atom. The molecule has 0 unspecified atom stereocenters. The van der Waals surface area contributed by atoms with Gasteiger partial charge >= 0.3 is 0 Å². The van der Waals surface area contributed by atoms with Crippen molar-refractivity contribution in [2.45, 2.75) is 0 Å². The molecule has 0 saturated heterocycles. The highest BCUT2D eigenvalue weighted by molar-refractivity contribution is 7.71. The van der Waals surface area contributed by atoms with Gasteiger partial charge in [0.05, 0.1) is 6.20 Å². The van der Waals surface area contributed by atoms with Gasteiger partial charge in [-0.05, 0) is 28.5 Å².